The fraction of sp³-hybridized carbons (Fsp3) is 0.0612. The monoisotopic (exact) mass is 667 g/mol. The van der Waals surface area contributed by atoms with Gasteiger partial charge in [-0.2, -0.15) is 0 Å². The maximum Gasteiger partial charge on any atom is 0.0726 e. The summed E-state index contributed by atoms with van der Waals surface area (Å²) in [7, 11) is 0. The molecular formula is C49H33NS. The lowest BCUT2D eigenvalue weighted by Crippen LogP contribution is -2.46. The Morgan fingerprint density at radius 1 is 0.490 bits per heavy atom. The molecule has 2 atom stereocenters. The summed E-state index contributed by atoms with van der Waals surface area (Å²) in [6.45, 7) is 2.44. The molecule has 0 saturated carbocycles. The first-order valence-electron chi connectivity index (χ1n) is 17.8. The first-order chi connectivity index (χ1) is 25.2. The van der Waals surface area contributed by atoms with Crippen molar-refractivity contribution in [3.05, 3.63) is 179 Å². The zero-order chi connectivity index (χ0) is 33.7. The number of nitrogens with zero attached hydrogens (tertiary/aromatic N) is 1. The Balaban J connectivity index is 1.19. The first kappa shape index (κ1) is 28.8. The molecule has 11 rings (SSSR count). The molecule has 2 aliphatic rings. The van der Waals surface area contributed by atoms with E-state index in [0.29, 0.717) is 0 Å². The second kappa shape index (κ2) is 10.8. The molecule has 0 N–H and O–H groups in total. The van der Waals surface area contributed by atoms with Crippen molar-refractivity contribution in [1.82, 2.24) is 0 Å². The van der Waals surface area contributed by atoms with Crippen LogP contribution in [0.2, 0.25) is 0 Å². The Morgan fingerprint density at radius 3 is 1.78 bits per heavy atom. The van der Waals surface area contributed by atoms with Crippen molar-refractivity contribution < 1.29 is 0 Å². The third-order valence-corrected chi connectivity index (χ3v) is 12.6. The number of rotatable bonds is 3. The molecule has 8 aromatic carbocycles. The molecule has 1 aliphatic carbocycles. The first-order valence-corrected chi connectivity index (χ1v) is 18.6. The van der Waals surface area contributed by atoms with Gasteiger partial charge in [0, 0.05) is 31.9 Å². The molecule has 1 aromatic heterocycles. The Morgan fingerprint density at radius 2 is 1.06 bits per heavy atom. The van der Waals surface area contributed by atoms with Crippen LogP contribution in [0, 0.1) is 0 Å². The number of thiophene rings is 1. The molecule has 51 heavy (non-hydrogen) atoms. The van der Waals surface area contributed by atoms with E-state index in [-0.39, 0.29) is 11.5 Å². The highest BCUT2D eigenvalue weighted by molar-refractivity contribution is 7.17. The summed E-state index contributed by atoms with van der Waals surface area (Å²) >= 11 is 1.91. The molecule has 0 fully saturated rings. The lowest BCUT2D eigenvalue weighted by atomic mass is 9.80. The summed E-state index contributed by atoms with van der Waals surface area (Å²) in [6, 6.07) is 60.6. The van der Waals surface area contributed by atoms with Crippen molar-refractivity contribution >= 4 is 77.3 Å². The highest BCUT2D eigenvalue weighted by Gasteiger charge is 2.48. The van der Waals surface area contributed by atoms with Gasteiger partial charge in [0.15, 0.2) is 0 Å². The largest absolute Gasteiger partial charge is 0.330 e. The zero-order valence-corrected chi connectivity index (χ0v) is 29.0. The molecule has 0 bridgehead atoms. The maximum atomic E-state index is 2.64. The fourth-order valence-electron chi connectivity index (χ4n) is 9.30. The van der Waals surface area contributed by atoms with Crippen LogP contribution in [-0.2, 0) is 0 Å². The second-order valence-corrected chi connectivity index (χ2v) is 15.3. The second-order valence-electron chi connectivity index (χ2n) is 14.2. The molecule has 0 radical (unpaired) electrons. The van der Waals surface area contributed by atoms with E-state index in [9.17, 15) is 0 Å². The normalized spacial score (nSPS) is 17.7. The minimum atomic E-state index is -0.265. The highest BCUT2D eigenvalue weighted by atomic mass is 32.1. The van der Waals surface area contributed by atoms with Gasteiger partial charge in [-0.1, -0.05) is 152 Å². The average Bonchev–Trinajstić information content (AvgIpc) is 3.66. The van der Waals surface area contributed by atoms with Crippen LogP contribution >= 0.6 is 11.3 Å². The van der Waals surface area contributed by atoms with Gasteiger partial charge < -0.3 is 4.90 Å². The minimum absolute atomic E-state index is 0.232. The predicted molar refractivity (Wildman–Crippen MR) is 220 cm³/mol. The standard InChI is InChI=1S/C49H33NS/c1-49-30-46-41(34-19-12-14-26-45(34)51-46)29-42(49)40-24-11-13-25-43(40)50(49)44-28-27-39(32-17-5-6-18-33(32)44)48-37-22-9-7-20-35(37)47(31-15-3-2-4-16-31)36-21-8-10-23-38(36)48/h2-30,42H,1H3. The molecule has 9 aromatic rings. The Kier molecular flexibility index (Phi) is 6.09. The number of benzene rings is 8. The van der Waals surface area contributed by atoms with E-state index in [0.717, 1.165) is 0 Å². The van der Waals surface area contributed by atoms with Gasteiger partial charge in [-0.3, -0.25) is 0 Å². The third-order valence-electron chi connectivity index (χ3n) is 11.4. The van der Waals surface area contributed by atoms with E-state index in [2.05, 4.69) is 188 Å². The van der Waals surface area contributed by atoms with Gasteiger partial charge in [0.1, 0.15) is 0 Å². The number of para-hydroxylation sites is 1. The van der Waals surface area contributed by atoms with Crippen LogP contribution in [0.5, 0.6) is 0 Å². The van der Waals surface area contributed by atoms with E-state index >= 15 is 0 Å². The number of anilines is 2. The van der Waals surface area contributed by atoms with Crippen LogP contribution in [0.25, 0.3) is 76.8 Å². The molecule has 2 heterocycles. The third kappa shape index (κ3) is 4.03. The minimum Gasteiger partial charge on any atom is -0.330 e. The molecule has 1 nitrogen and oxygen atoms in total. The topological polar surface area (TPSA) is 3.24 Å². The summed E-state index contributed by atoms with van der Waals surface area (Å²) in [5.41, 5.74) is 8.76. The van der Waals surface area contributed by atoms with Gasteiger partial charge in [0.05, 0.1) is 5.54 Å². The smallest absolute Gasteiger partial charge is 0.0726 e. The highest BCUT2D eigenvalue weighted by Crippen LogP contribution is 2.56. The van der Waals surface area contributed by atoms with Gasteiger partial charge >= 0.3 is 0 Å². The van der Waals surface area contributed by atoms with Crippen LogP contribution in [-0.4, -0.2) is 5.54 Å². The van der Waals surface area contributed by atoms with E-state index in [1.165, 1.54) is 91.3 Å². The van der Waals surface area contributed by atoms with Crippen molar-refractivity contribution in [3.63, 3.8) is 0 Å². The van der Waals surface area contributed by atoms with Crippen LogP contribution in [0.15, 0.2) is 164 Å². The van der Waals surface area contributed by atoms with Crippen molar-refractivity contribution in [3.8, 4) is 22.3 Å². The van der Waals surface area contributed by atoms with Gasteiger partial charge in [0.2, 0.25) is 0 Å². The van der Waals surface area contributed by atoms with Crippen LogP contribution in [0.4, 0.5) is 11.4 Å². The van der Waals surface area contributed by atoms with Crippen LogP contribution in [0.1, 0.15) is 18.4 Å². The molecular weight excluding hydrogens is 635 g/mol. The Bertz CT molecular complexity index is 2950. The number of fused-ring (bicyclic) bond motifs is 9. The number of hydrogen-bond acceptors (Lipinski definition) is 2. The average molecular weight is 668 g/mol. The SMILES string of the molecule is CC12C=c3sc4ccccc4c3=CC1c1ccccc1N2c1ccc(-c2c3ccccc3c(-c3ccccc3)c3ccccc23)c2ccccc12. The van der Waals surface area contributed by atoms with E-state index in [4.69, 9.17) is 0 Å². The van der Waals surface area contributed by atoms with Crippen molar-refractivity contribution in [1.29, 1.82) is 0 Å². The maximum absolute atomic E-state index is 2.64. The predicted octanol–water partition coefficient (Wildman–Crippen LogP) is 12.0. The fourth-order valence-corrected chi connectivity index (χ4v) is 10.6. The van der Waals surface area contributed by atoms with E-state index in [1.807, 2.05) is 11.3 Å². The molecule has 240 valence electrons. The molecule has 2 unspecified atom stereocenters. The van der Waals surface area contributed by atoms with Gasteiger partial charge in [-0.05, 0) is 96.6 Å². The van der Waals surface area contributed by atoms with E-state index < -0.39 is 0 Å². The molecule has 0 spiro atoms. The van der Waals surface area contributed by atoms with Crippen molar-refractivity contribution in [2.24, 2.45) is 0 Å². The lowest BCUT2D eigenvalue weighted by Gasteiger charge is -2.40. The lowest BCUT2D eigenvalue weighted by molar-refractivity contribution is 0.593. The summed E-state index contributed by atoms with van der Waals surface area (Å²) in [5, 5.41) is 10.4. The van der Waals surface area contributed by atoms with Crippen LogP contribution in [0.3, 0.4) is 0 Å². The summed E-state index contributed by atoms with van der Waals surface area (Å²) in [6.07, 6.45) is 5.11. The summed E-state index contributed by atoms with van der Waals surface area (Å²) < 4.78 is 2.72. The molecule has 0 saturated heterocycles. The molecule has 2 heteroatoms. The quantitative estimate of drug-likeness (QED) is 0.170. The summed E-state index contributed by atoms with van der Waals surface area (Å²) in [5.74, 6) is 0.232. The van der Waals surface area contributed by atoms with Gasteiger partial charge in [-0.15, -0.1) is 11.3 Å². The zero-order valence-electron chi connectivity index (χ0n) is 28.2. The number of hydrogen-bond donors (Lipinski definition) is 0. The van der Waals surface area contributed by atoms with Crippen molar-refractivity contribution in [2.75, 3.05) is 4.90 Å². The summed E-state index contributed by atoms with van der Waals surface area (Å²) in [4.78, 5) is 2.64. The van der Waals surface area contributed by atoms with Gasteiger partial charge in [0.25, 0.3) is 0 Å². The Labute approximate surface area is 300 Å². The van der Waals surface area contributed by atoms with Crippen molar-refractivity contribution in [2.45, 2.75) is 18.4 Å². The molecule has 1 aliphatic heterocycles. The van der Waals surface area contributed by atoms with E-state index in [1.54, 1.807) is 0 Å². The van der Waals surface area contributed by atoms with Gasteiger partial charge in [-0.25, -0.2) is 0 Å². The van der Waals surface area contributed by atoms with Crippen LogP contribution < -0.4 is 14.7 Å². The molecule has 0 amide bonds. The Hall–Kier alpha value is -5.96.